The molecule has 1 aromatic heterocycles. The van der Waals surface area contributed by atoms with E-state index < -0.39 is 11.1 Å². The second-order valence-corrected chi connectivity index (χ2v) is 5.72. The highest BCUT2D eigenvalue weighted by Crippen LogP contribution is 2.31. The molecule has 6 heteroatoms. The number of hydrogen-bond acceptors (Lipinski definition) is 4. The Hall–Kier alpha value is -1.66. The first-order chi connectivity index (χ1) is 9.36. The second-order valence-electron chi connectivity index (χ2n) is 4.86. The van der Waals surface area contributed by atoms with Gasteiger partial charge in [-0.2, -0.15) is 4.98 Å². The summed E-state index contributed by atoms with van der Waals surface area (Å²) in [5.74, 6) is -0.0425. The van der Waals surface area contributed by atoms with Gasteiger partial charge in [0.2, 0.25) is 5.88 Å². The Labute approximate surface area is 125 Å². The largest absolute Gasteiger partial charge is 0.493 e. The number of nitrogens with one attached hydrogen (secondary N) is 1. The van der Waals surface area contributed by atoms with Gasteiger partial charge in [-0.15, -0.1) is 0 Å². The molecule has 1 heterocycles. The maximum atomic E-state index is 12.2. The van der Waals surface area contributed by atoms with Crippen LogP contribution >= 0.6 is 15.9 Å². The Kier molecular flexibility index (Phi) is 3.96. The summed E-state index contributed by atoms with van der Waals surface area (Å²) < 4.78 is 0.710. The topological polar surface area (TPSA) is 92.0 Å². The van der Waals surface area contributed by atoms with Gasteiger partial charge in [-0.05, 0) is 19.4 Å². The molecule has 0 saturated heterocycles. The van der Waals surface area contributed by atoms with Crippen molar-refractivity contribution in [1.29, 1.82) is 0 Å². The number of nitrogens with zero attached hydrogens (tertiary/aromatic N) is 1. The molecule has 0 aliphatic rings. The standard InChI is InChI=1S/C14H16BrN3O2/c1-3-14(2,16)13-17-11(19)10(12(20)18-13)8-6-4-5-7-9(8)15/h4-7H,3,16H2,1-2H3,(H2,17,18,19,20). The molecule has 106 valence electrons. The molecule has 0 aliphatic carbocycles. The molecular weight excluding hydrogens is 322 g/mol. The van der Waals surface area contributed by atoms with Crippen LogP contribution in [0.15, 0.2) is 33.5 Å². The van der Waals surface area contributed by atoms with Crippen LogP contribution in [0.2, 0.25) is 0 Å². The molecular formula is C14H16BrN3O2. The summed E-state index contributed by atoms with van der Waals surface area (Å²) >= 11 is 3.36. The summed E-state index contributed by atoms with van der Waals surface area (Å²) in [7, 11) is 0. The van der Waals surface area contributed by atoms with Crippen LogP contribution in [0.3, 0.4) is 0 Å². The lowest BCUT2D eigenvalue weighted by Crippen LogP contribution is -2.36. The SMILES string of the molecule is CCC(C)(N)c1nc(O)c(-c2ccccc2Br)c(=O)[nH]1. The van der Waals surface area contributed by atoms with Gasteiger partial charge < -0.3 is 15.8 Å². The fourth-order valence-corrected chi connectivity index (χ4v) is 2.29. The summed E-state index contributed by atoms with van der Waals surface area (Å²) in [5.41, 5.74) is 5.56. The minimum absolute atomic E-state index is 0.133. The average molecular weight is 338 g/mol. The summed E-state index contributed by atoms with van der Waals surface area (Å²) in [4.78, 5) is 19.0. The summed E-state index contributed by atoms with van der Waals surface area (Å²) in [6.45, 7) is 3.64. The molecule has 2 aromatic rings. The lowest BCUT2D eigenvalue weighted by atomic mass is 9.99. The number of aromatic nitrogens is 2. The van der Waals surface area contributed by atoms with Crippen LogP contribution < -0.4 is 11.3 Å². The third kappa shape index (κ3) is 2.62. The van der Waals surface area contributed by atoms with Crippen molar-refractivity contribution < 1.29 is 5.11 Å². The van der Waals surface area contributed by atoms with E-state index in [4.69, 9.17) is 5.73 Å². The number of rotatable bonds is 3. The quantitative estimate of drug-likeness (QED) is 0.802. The maximum Gasteiger partial charge on any atom is 0.262 e. The van der Waals surface area contributed by atoms with Gasteiger partial charge in [-0.25, -0.2) is 0 Å². The lowest BCUT2D eigenvalue weighted by molar-refractivity contribution is 0.410. The molecule has 0 fully saturated rings. The van der Waals surface area contributed by atoms with E-state index in [1.54, 1.807) is 25.1 Å². The van der Waals surface area contributed by atoms with Gasteiger partial charge in [0.15, 0.2) is 0 Å². The third-order valence-corrected chi connectivity index (χ3v) is 4.01. The van der Waals surface area contributed by atoms with E-state index in [1.807, 2.05) is 13.0 Å². The summed E-state index contributed by atoms with van der Waals surface area (Å²) in [5, 5.41) is 10.1. The minimum Gasteiger partial charge on any atom is -0.493 e. The highest BCUT2D eigenvalue weighted by molar-refractivity contribution is 9.10. The lowest BCUT2D eigenvalue weighted by Gasteiger charge is -2.21. The molecule has 0 bridgehead atoms. The van der Waals surface area contributed by atoms with Crippen LogP contribution in [0.25, 0.3) is 11.1 Å². The van der Waals surface area contributed by atoms with E-state index in [1.165, 1.54) is 0 Å². The summed E-state index contributed by atoms with van der Waals surface area (Å²) in [6.07, 6.45) is 0.587. The van der Waals surface area contributed by atoms with E-state index in [0.717, 1.165) is 0 Å². The summed E-state index contributed by atoms with van der Waals surface area (Å²) in [6, 6.07) is 7.14. The number of hydrogen-bond donors (Lipinski definition) is 3. The van der Waals surface area contributed by atoms with Crippen molar-refractivity contribution in [1.82, 2.24) is 9.97 Å². The van der Waals surface area contributed by atoms with Crippen molar-refractivity contribution in [2.24, 2.45) is 5.73 Å². The number of benzene rings is 1. The molecule has 0 spiro atoms. The normalized spacial score (nSPS) is 14.0. The van der Waals surface area contributed by atoms with Gasteiger partial charge in [0.05, 0.1) is 5.54 Å². The van der Waals surface area contributed by atoms with Gasteiger partial charge >= 0.3 is 0 Å². The number of nitrogens with two attached hydrogens (primary N) is 1. The molecule has 0 radical (unpaired) electrons. The molecule has 0 saturated carbocycles. The second kappa shape index (κ2) is 5.38. The molecule has 20 heavy (non-hydrogen) atoms. The van der Waals surface area contributed by atoms with Gasteiger partial charge in [0.25, 0.3) is 5.56 Å². The van der Waals surface area contributed by atoms with Crippen molar-refractivity contribution in [2.45, 2.75) is 25.8 Å². The minimum atomic E-state index is -0.789. The number of H-pyrrole nitrogens is 1. The molecule has 4 N–H and O–H groups in total. The van der Waals surface area contributed by atoms with Crippen LogP contribution in [0.4, 0.5) is 0 Å². The number of halogens is 1. The molecule has 0 aliphatic heterocycles. The van der Waals surface area contributed by atoms with E-state index >= 15 is 0 Å². The van der Waals surface area contributed by atoms with Gasteiger partial charge in [0, 0.05) is 10.0 Å². The van der Waals surface area contributed by atoms with E-state index in [-0.39, 0.29) is 17.3 Å². The van der Waals surface area contributed by atoms with Crippen LogP contribution in [-0.4, -0.2) is 15.1 Å². The molecule has 1 aromatic carbocycles. The Morgan fingerprint density at radius 2 is 2.10 bits per heavy atom. The van der Waals surface area contributed by atoms with Crippen LogP contribution in [0.1, 0.15) is 26.1 Å². The Balaban J connectivity index is 2.65. The van der Waals surface area contributed by atoms with Crippen molar-refractivity contribution in [3.05, 3.63) is 44.9 Å². The van der Waals surface area contributed by atoms with Crippen LogP contribution in [-0.2, 0) is 5.54 Å². The number of aromatic hydroxyl groups is 1. The molecule has 2 rings (SSSR count). The molecule has 1 atom stereocenters. The maximum absolute atomic E-state index is 12.2. The highest BCUT2D eigenvalue weighted by Gasteiger charge is 2.25. The van der Waals surface area contributed by atoms with Gasteiger partial charge in [-0.1, -0.05) is 41.1 Å². The molecule has 0 amide bonds. The third-order valence-electron chi connectivity index (χ3n) is 3.32. The zero-order chi connectivity index (χ0) is 14.9. The first-order valence-electron chi connectivity index (χ1n) is 6.24. The highest BCUT2D eigenvalue weighted by atomic mass is 79.9. The molecule has 1 unspecified atom stereocenters. The van der Waals surface area contributed by atoms with Crippen molar-refractivity contribution >= 4 is 15.9 Å². The fourth-order valence-electron chi connectivity index (χ4n) is 1.81. The van der Waals surface area contributed by atoms with Crippen LogP contribution in [0, 0.1) is 0 Å². The average Bonchev–Trinajstić information content (AvgIpc) is 2.40. The van der Waals surface area contributed by atoms with Gasteiger partial charge in [-0.3, -0.25) is 4.79 Å². The zero-order valence-corrected chi connectivity index (χ0v) is 12.9. The van der Waals surface area contributed by atoms with Gasteiger partial charge in [0.1, 0.15) is 11.4 Å². The smallest absolute Gasteiger partial charge is 0.262 e. The first kappa shape index (κ1) is 14.7. The Morgan fingerprint density at radius 1 is 1.45 bits per heavy atom. The van der Waals surface area contributed by atoms with Crippen LogP contribution in [0.5, 0.6) is 5.88 Å². The zero-order valence-electron chi connectivity index (χ0n) is 11.3. The number of aromatic amines is 1. The predicted octanol–water partition coefficient (Wildman–Crippen LogP) is 2.49. The van der Waals surface area contributed by atoms with Crippen molar-refractivity contribution in [3.8, 4) is 17.0 Å². The van der Waals surface area contributed by atoms with Crippen molar-refractivity contribution in [2.75, 3.05) is 0 Å². The monoisotopic (exact) mass is 337 g/mol. The Morgan fingerprint density at radius 3 is 2.65 bits per heavy atom. The first-order valence-corrected chi connectivity index (χ1v) is 7.03. The van der Waals surface area contributed by atoms with E-state index in [9.17, 15) is 9.90 Å². The fraction of sp³-hybridized carbons (Fsp3) is 0.286. The van der Waals surface area contributed by atoms with Crippen molar-refractivity contribution in [3.63, 3.8) is 0 Å². The Bertz CT molecular complexity index is 695. The predicted molar refractivity (Wildman–Crippen MR) is 81.5 cm³/mol. The van der Waals surface area contributed by atoms with E-state index in [0.29, 0.717) is 16.5 Å². The molecule has 5 nitrogen and oxygen atoms in total. The van der Waals surface area contributed by atoms with E-state index in [2.05, 4.69) is 25.9 Å².